The highest BCUT2D eigenvalue weighted by Crippen LogP contribution is 2.39. The number of hydrogen-bond donors (Lipinski definition) is 0. The Labute approximate surface area is 158 Å². The monoisotopic (exact) mass is 425 g/mol. The van der Waals surface area contributed by atoms with Gasteiger partial charge in [0, 0.05) is 36.7 Å². The van der Waals surface area contributed by atoms with E-state index in [1.54, 1.807) is 5.19 Å². The first kappa shape index (κ1) is 22.6. The third-order valence-corrected chi connectivity index (χ3v) is 122. The van der Waals surface area contributed by atoms with Crippen LogP contribution in [0.15, 0.2) is 30.3 Å². The normalized spacial score (nSPS) is 15.0. The van der Waals surface area contributed by atoms with Gasteiger partial charge in [0.05, 0.1) is 7.59 Å². The summed E-state index contributed by atoms with van der Waals surface area (Å²) >= 11 is 0. The van der Waals surface area contributed by atoms with Crippen LogP contribution in [0, 0.1) is 0 Å². The second kappa shape index (κ2) is 6.92. The maximum atomic E-state index is 2.84. The lowest BCUT2D eigenvalue weighted by atomic mass is 10.4. The molecule has 0 aliphatic rings. The summed E-state index contributed by atoms with van der Waals surface area (Å²) in [5.41, 5.74) is 0. The predicted molar refractivity (Wildman–Crippen MR) is 131 cm³/mol. The Morgan fingerprint density at radius 1 is 0.583 bits per heavy atom. The summed E-state index contributed by atoms with van der Waals surface area (Å²) in [6.45, 7) is 33.1. The zero-order valence-electron chi connectivity index (χ0n) is 18.4. The molecule has 0 heterocycles. The van der Waals surface area contributed by atoms with E-state index >= 15 is 0 Å². The fourth-order valence-electron chi connectivity index (χ4n) is 4.18. The van der Waals surface area contributed by atoms with E-state index in [-0.39, 0.29) is 8.31 Å². The number of benzene rings is 1. The van der Waals surface area contributed by atoms with Crippen molar-refractivity contribution in [1.82, 2.24) is 0 Å². The summed E-state index contributed by atoms with van der Waals surface area (Å²) < 4.78 is 0. The van der Waals surface area contributed by atoms with Crippen LogP contribution in [0.1, 0.15) is 0 Å². The van der Waals surface area contributed by atoms with Crippen molar-refractivity contribution < 1.29 is 0 Å². The van der Waals surface area contributed by atoms with E-state index in [0.29, 0.717) is 0 Å². The summed E-state index contributed by atoms with van der Waals surface area (Å²) in [5, 5.41) is 1.71. The van der Waals surface area contributed by atoms with Crippen molar-refractivity contribution >= 4 is 49.5 Å². The van der Waals surface area contributed by atoms with E-state index in [1.165, 1.54) is 0 Å². The summed E-state index contributed by atoms with van der Waals surface area (Å²) in [7, 11) is -6.34. The Balaban J connectivity index is 3.49. The van der Waals surface area contributed by atoms with Gasteiger partial charge >= 0.3 is 0 Å². The van der Waals surface area contributed by atoms with Gasteiger partial charge in [-0.05, 0) is 0 Å². The van der Waals surface area contributed by atoms with Crippen LogP contribution in [0.25, 0.3) is 0 Å². The van der Waals surface area contributed by atoms with Crippen molar-refractivity contribution in [3.63, 3.8) is 0 Å². The fraction of sp³-hybridized carbons (Fsp3) is 0.667. The molecule has 0 N–H and O–H groups in total. The maximum Gasteiger partial charge on any atom is 0.0711 e. The van der Waals surface area contributed by atoms with E-state index in [2.05, 4.69) is 109 Å². The van der Waals surface area contributed by atoms with Crippen molar-refractivity contribution in [2.45, 2.75) is 78.6 Å². The van der Waals surface area contributed by atoms with Crippen molar-refractivity contribution in [1.29, 1.82) is 0 Å². The molecule has 0 unspecified atom stereocenters. The van der Waals surface area contributed by atoms with Crippen LogP contribution >= 0.6 is 0 Å². The minimum Gasteiger partial charge on any atom is -0.0735 e. The second-order valence-electron chi connectivity index (χ2n) is 10.5. The molecule has 1 aromatic rings. The molecule has 0 saturated heterocycles. The maximum absolute atomic E-state index is 2.84. The molecule has 0 fully saturated rings. The molecule has 0 aromatic heterocycles. The first-order valence-corrected chi connectivity index (χ1v) is 31.9. The number of hydrogen-bond acceptors (Lipinski definition) is 0. The number of rotatable bonds is 6. The molecule has 0 spiro atoms. The van der Waals surface area contributed by atoms with Crippen LogP contribution in [-0.2, 0) is 0 Å². The van der Waals surface area contributed by atoms with Crippen LogP contribution < -0.4 is 5.19 Å². The van der Waals surface area contributed by atoms with Gasteiger partial charge in [0.25, 0.3) is 0 Å². The average Bonchev–Trinajstić information content (AvgIpc) is 2.47. The lowest BCUT2D eigenvalue weighted by Gasteiger charge is -2.60. The zero-order valence-corrected chi connectivity index (χ0v) is 24.4. The lowest BCUT2D eigenvalue weighted by molar-refractivity contribution is 1.70. The molecule has 137 valence electrons. The highest BCUT2D eigenvalue weighted by molar-refractivity contribution is 7.96. The van der Waals surface area contributed by atoms with E-state index < -0.39 is 36.0 Å². The highest BCUT2D eigenvalue weighted by Gasteiger charge is 2.63. The Hall–Kier alpha value is 0.521. The summed E-state index contributed by atoms with van der Waals surface area (Å²) in [6.07, 6.45) is 0. The molecule has 0 saturated carbocycles. The van der Waals surface area contributed by atoms with Gasteiger partial charge < -0.3 is 0 Å². The van der Waals surface area contributed by atoms with E-state index in [4.69, 9.17) is 0 Å². The van der Waals surface area contributed by atoms with Gasteiger partial charge in [-0.15, -0.1) is 0 Å². The predicted octanol–water partition coefficient (Wildman–Crippen LogP) is 5.58. The molecule has 6 heteroatoms. The smallest absolute Gasteiger partial charge is 0.0711 e. The lowest BCUT2D eigenvalue weighted by Crippen LogP contribution is -2.87. The van der Waals surface area contributed by atoms with Crippen LogP contribution in [0.5, 0.6) is 0 Å². The summed E-state index contributed by atoms with van der Waals surface area (Å²) in [6, 6.07) is 11.6. The van der Waals surface area contributed by atoms with Crippen molar-refractivity contribution in [2.24, 2.45) is 0 Å². The fourth-order valence-corrected chi connectivity index (χ4v) is 143. The minimum absolute atomic E-state index is 0.146. The third-order valence-electron chi connectivity index (χ3n) is 9.00. The SMILES string of the molecule is C[Si](C)[Si](C)(C)[Si](C)(C)[Si](C)(C)[Si](C)(C)[Si](C)(C)c1ccccc1. The largest absolute Gasteiger partial charge is 0.0735 e. The van der Waals surface area contributed by atoms with Gasteiger partial charge in [0.15, 0.2) is 0 Å². The van der Waals surface area contributed by atoms with E-state index in [1.807, 2.05) is 0 Å². The Bertz CT molecular complexity index is 558. The molecule has 0 bridgehead atoms. The molecule has 24 heavy (non-hydrogen) atoms. The molecular weight excluding hydrogens is 385 g/mol. The molecule has 0 amide bonds. The van der Waals surface area contributed by atoms with Crippen molar-refractivity contribution in [3.05, 3.63) is 30.3 Å². The molecule has 1 rings (SSSR count). The third kappa shape index (κ3) is 3.27. The first-order chi connectivity index (χ1) is 10.5. The standard InChI is InChI=1S/C18H41Si6/c1-19(2)21(5,6)23(9,10)24(11,12)22(7,8)20(3,4)18-16-14-13-15-17-18/h13-17H,1-12H3. The van der Waals surface area contributed by atoms with Crippen LogP contribution in [0.4, 0.5) is 0 Å². The van der Waals surface area contributed by atoms with Gasteiger partial charge in [-0.3, -0.25) is 0 Å². The van der Waals surface area contributed by atoms with Gasteiger partial charge in [0.1, 0.15) is 0 Å². The summed E-state index contributed by atoms with van der Waals surface area (Å²) in [4.78, 5) is 0. The second-order valence-corrected chi connectivity index (χ2v) is 72.1. The Kier molecular flexibility index (Phi) is 6.51. The van der Waals surface area contributed by atoms with Gasteiger partial charge in [0.2, 0.25) is 0 Å². The quantitative estimate of drug-likeness (QED) is 0.522. The van der Waals surface area contributed by atoms with Gasteiger partial charge in [-0.1, -0.05) is 114 Å². The molecular formula is C18H41Si6. The molecule has 0 atom stereocenters. The highest BCUT2D eigenvalue weighted by atomic mass is 30.0. The minimum atomic E-state index is -1.40. The van der Waals surface area contributed by atoms with Crippen molar-refractivity contribution in [2.75, 3.05) is 0 Å². The molecule has 0 nitrogen and oxygen atoms in total. The van der Waals surface area contributed by atoms with Crippen LogP contribution in [0.3, 0.4) is 0 Å². The Morgan fingerprint density at radius 3 is 1.38 bits per heavy atom. The first-order valence-electron chi connectivity index (χ1n) is 9.41. The van der Waals surface area contributed by atoms with E-state index in [0.717, 1.165) is 0 Å². The van der Waals surface area contributed by atoms with Crippen molar-refractivity contribution in [3.8, 4) is 0 Å². The van der Waals surface area contributed by atoms with E-state index in [9.17, 15) is 0 Å². The zero-order chi connectivity index (χ0) is 19.2. The van der Waals surface area contributed by atoms with Crippen LogP contribution in [0.2, 0.25) is 78.6 Å². The molecule has 1 aromatic carbocycles. The molecule has 0 aliphatic heterocycles. The topological polar surface area (TPSA) is 0 Å². The van der Waals surface area contributed by atoms with Crippen LogP contribution in [-0.4, -0.2) is 44.3 Å². The van der Waals surface area contributed by atoms with Gasteiger partial charge in [-0.2, -0.15) is 0 Å². The average molecular weight is 426 g/mol. The Morgan fingerprint density at radius 2 is 1.00 bits per heavy atom. The molecule has 0 aliphatic carbocycles. The summed E-state index contributed by atoms with van der Waals surface area (Å²) in [5.74, 6) is 0. The molecule has 1 radical (unpaired) electrons. The van der Waals surface area contributed by atoms with Gasteiger partial charge in [-0.25, -0.2) is 0 Å².